The second kappa shape index (κ2) is 11.1. The van der Waals surface area contributed by atoms with Crippen molar-refractivity contribution in [2.45, 2.75) is 132 Å². The first kappa shape index (κ1) is 29.8. The van der Waals surface area contributed by atoms with Crippen molar-refractivity contribution in [3.8, 4) is 0 Å². The lowest BCUT2D eigenvalue weighted by molar-refractivity contribution is -0.156. The molecule has 182 valence electrons. The van der Waals surface area contributed by atoms with Crippen molar-refractivity contribution in [2.24, 2.45) is 22.5 Å². The summed E-state index contributed by atoms with van der Waals surface area (Å²) in [7, 11) is 0. The molecule has 0 aliphatic rings. The minimum absolute atomic E-state index is 0.0278. The summed E-state index contributed by atoms with van der Waals surface area (Å²) in [4.78, 5) is 0. The Morgan fingerprint density at radius 3 is 1.70 bits per heavy atom. The lowest BCUT2D eigenvalue weighted by Gasteiger charge is -2.47. The maximum Gasteiger partial charge on any atom is 0.0680 e. The lowest BCUT2D eigenvalue weighted by Crippen LogP contribution is -2.49. The van der Waals surface area contributed by atoms with Gasteiger partial charge in [-0.1, -0.05) is 41.5 Å². The largest absolute Gasteiger partial charge is 0.375 e. The highest BCUT2D eigenvalue weighted by molar-refractivity contribution is 4.93. The van der Waals surface area contributed by atoms with E-state index in [9.17, 15) is 0 Å². The van der Waals surface area contributed by atoms with Gasteiger partial charge in [0, 0.05) is 19.3 Å². The van der Waals surface area contributed by atoms with Gasteiger partial charge in [0.1, 0.15) is 0 Å². The third-order valence-corrected chi connectivity index (χ3v) is 7.81. The molecule has 2 atom stereocenters. The second-order valence-corrected chi connectivity index (χ2v) is 12.2. The Bertz CT molecular complexity index is 493. The highest BCUT2D eigenvalue weighted by Gasteiger charge is 2.44. The van der Waals surface area contributed by atoms with E-state index in [1.54, 1.807) is 0 Å². The smallest absolute Gasteiger partial charge is 0.0680 e. The first-order valence-corrected chi connectivity index (χ1v) is 12.0. The van der Waals surface area contributed by atoms with Crippen LogP contribution in [0.15, 0.2) is 0 Å². The van der Waals surface area contributed by atoms with Crippen LogP contribution in [-0.2, 0) is 14.2 Å². The van der Waals surface area contributed by atoms with Crippen LogP contribution in [0.5, 0.6) is 0 Å². The predicted molar refractivity (Wildman–Crippen MR) is 130 cm³/mol. The molecular formula is C26H55NO3. The molecule has 0 aliphatic carbocycles. The van der Waals surface area contributed by atoms with Crippen LogP contribution < -0.4 is 5.73 Å². The Morgan fingerprint density at radius 1 is 0.733 bits per heavy atom. The Balaban J connectivity index is 4.92. The van der Waals surface area contributed by atoms with Crippen LogP contribution in [0.4, 0.5) is 0 Å². The van der Waals surface area contributed by atoms with Crippen molar-refractivity contribution in [3.05, 3.63) is 0 Å². The monoisotopic (exact) mass is 429 g/mol. The molecule has 0 aromatic heterocycles. The number of ether oxygens (including phenoxy) is 3. The fourth-order valence-corrected chi connectivity index (χ4v) is 3.59. The van der Waals surface area contributed by atoms with Crippen LogP contribution >= 0.6 is 0 Å². The predicted octanol–water partition coefficient (Wildman–Crippen LogP) is 6.60. The fourth-order valence-electron chi connectivity index (χ4n) is 3.59. The third-order valence-electron chi connectivity index (χ3n) is 7.81. The molecule has 4 heteroatoms. The molecule has 30 heavy (non-hydrogen) atoms. The van der Waals surface area contributed by atoms with E-state index in [1.807, 2.05) is 6.92 Å². The summed E-state index contributed by atoms with van der Waals surface area (Å²) in [6, 6.07) is 0.136. The zero-order chi connectivity index (χ0) is 24.0. The van der Waals surface area contributed by atoms with Gasteiger partial charge in [-0.2, -0.15) is 0 Å². The molecule has 0 amide bonds. The van der Waals surface area contributed by atoms with Gasteiger partial charge in [0.25, 0.3) is 0 Å². The normalized spacial score (nSPS) is 16.6. The molecule has 0 radical (unpaired) electrons. The molecule has 0 rings (SSSR count). The lowest BCUT2D eigenvalue weighted by atomic mass is 9.68. The Morgan fingerprint density at radius 2 is 1.23 bits per heavy atom. The summed E-state index contributed by atoms with van der Waals surface area (Å²) in [5.41, 5.74) is 5.30. The molecule has 0 aromatic rings. The van der Waals surface area contributed by atoms with E-state index in [1.165, 1.54) is 0 Å². The molecule has 0 saturated carbocycles. The minimum Gasteiger partial charge on any atom is -0.375 e. The highest BCUT2D eigenvalue weighted by atomic mass is 16.5. The van der Waals surface area contributed by atoms with E-state index < -0.39 is 0 Å². The van der Waals surface area contributed by atoms with Crippen LogP contribution in [0.3, 0.4) is 0 Å². The van der Waals surface area contributed by atoms with Crippen LogP contribution in [0.25, 0.3) is 0 Å². The molecule has 0 aromatic carbocycles. The Labute approximate surface area is 189 Å². The third kappa shape index (κ3) is 8.76. The topological polar surface area (TPSA) is 53.7 Å². The molecule has 0 spiro atoms. The summed E-state index contributed by atoms with van der Waals surface area (Å²) in [5.74, 6) is 0.345. The molecule has 2 N–H and O–H groups in total. The van der Waals surface area contributed by atoms with Gasteiger partial charge in [-0.15, -0.1) is 0 Å². The standard InChI is InChI=1S/C26H55NO3/c1-14-16-28-25(10,11)22(4,5)15-17-29-26(12,13)24(8,9)20(2)19-30-23(6,7)18-21(3)27/h20-21H,14-19,27H2,1-13H3. The zero-order valence-corrected chi connectivity index (χ0v) is 22.7. The molecule has 4 nitrogen and oxygen atoms in total. The summed E-state index contributed by atoms with van der Waals surface area (Å²) in [6.07, 6.45) is 2.85. The van der Waals surface area contributed by atoms with Crippen molar-refractivity contribution < 1.29 is 14.2 Å². The molecule has 0 heterocycles. The number of hydrogen-bond acceptors (Lipinski definition) is 4. The van der Waals surface area contributed by atoms with Crippen molar-refractivity contribution in [2.75, 3.05) is 19.8 Å². The quantitative estimate of drug-likeness (QED) is 0.319. The first-order valence-electron chi connectivity index (χ1n) is 12.0. The van der Waals surface area contributed by atoms with E-state index >= 15 is 0 Å². The van der Waals surface area contributed by atoms with Crippen molar-refractivity contribution in [1.82, 2.24) is 0 Å². The van der Waals surface area contributed by atoms with Gasteiger partial charge in [-0.3, -0.25) is 0 Å². The first-order chi connectivity index (χ1) is 13.3. The van der Waals surface area contributed by atoms with Gasteiger partial charge in [0.05, 0.1) is 23.4 Å². The zero-order valence-electron chi connectivity index (χ0n) is 22.7. The van der Waals surface area contributed by atoms with Gasteiger partial charge in [-0.25, -0.2) is 0 Å². The van der Waals surface area contributed by atoms with Gasteiger partial charge < -0.3 is 19.9 Å². The molecule has 2 unspecified atom stereocenters. The maximum atomic E-state index is 6.52. The summed E-state index contributed by atoms with van der Waals surface area (Å²) < 4.78 is 18.9. The fraction of sp³-hybridized carbons (Fsp3) is 1.00. The van der Waals surface area contributed by atoms with Gasteiger partial charge in [0.15, 0.2) is 0 Å². The molecular weight excluding hydrogens is 374 g/mol. The van der Waals surface area contributed by atoms with Gasteiger partial charge in [-0.05, 0) is 84.5 Å². The van der Waals surface area contributed by atoms with E-state index in [0.29, 0.717) is 19.1 Å². The van der Waals surface area contributed by atoms with E-state index in [2.05, 4.69) is 83.1 Å². The molecule has 0 saturated heterocycles. The average Bonchev–Trinajstić information content (AvgIpc) is 2.56. The minimum atomic E-state index is -0.272. The van der Waals surface area contributed by atoms with E-state index in [4.69, 9.17) is 19.9 Å². The van der Waals surface area contributed by atoms with Crippen LogP contribution in [0, 0.1) is 16.7 Å². The number of hydrogen-bond donors (Lipinski definition) is 1. The van der Waals surface area contributed by atoms with Crippen LogP contribution in [0.1, 0.15) is 109 Å². The number of nitrogens with two attached hydrogens (primary N) is 1. The Hall–Kier alpha value is -0.160. The van der Waals surface area contributed by atoms with Gasteiger partial charge >= 0.3 is 0 Å². The van der Waals surface area contributed by atoms with Gasteiger partial charge in [0.2, 0.25) is 0 Å². The van der Waals surface area contributed by atoms with E-state index in [0.717, 1.165) is 25.9 Å². The van der Waals surface area contributed by atoms with Crippen LogP contribution in [-0.4, -0.2) is 42.7 Å². The summed E-state index contributed by atoms with van der Waals surface area (Å²) in [5, 5.41) is 0. The number of rotatable bonds is 15. The SMILES string of the molecule is CCCOC(C)(C)C(C)(C)CCOC(C)(C)C(C)(C)C(C)COC(C)(C)CC(C)N. The maximum absolute atomic E-state index is 6.52. The van der Waals surface area contributed by atoms with E-state index in [-0.39, 0.29) is 33.7 Å². The van der Waals surface area contributed by atoms with Crippen LogP contribution in [0.2, 0.25) is 0 Å². The molecule has 0 aliphatic heterocycles. The second-order valence-electron chi connectivity index (χ2n) is 12.2. The van der Waals surface area contributed by atoms with Crippen molar-refractivity contribution in [3.63, 3.8) is 0 Å². The average molecular weight is 430 g/mol. The summed E-state index contributed by atoms with van der Waals surface area (Å²) >= 11 is 0. The summed E-state index contributed by atoms with van der Waals surface area (Å²) in [6.45, 7) is 30.9. The molecule has 0 bridgehead atoms. The van der Waals surface area contributed by atoms with Crippen molar-refractivity contribution >= 4 is 0 Å². The Kier molecular flexibility index (Phi) is 11.1. The van der Waals surface area contributed by atoms with Crippen molar-refractivity contribution in [1.29, 1.82) is 0 Å². The molecule has 0 fully saturated rings. The highest BCUT2D eigenvalue weighted by Crippen LogP contribution is 2.43.